The Kier molecular flexibility index (Phi) is 3.59. The number of aromatic nitrogens is 2. The van der Waals surface area contributed by atoms with E-state index >= 15 is 0 Å². The second-order valence-corrected chi connectivity index (χ2v) is 4.48. The highest BCUT2D eigenvalue weighted by atomic mass is 16.5. The van der Waals surface area contributed by atoms with Crippen LogP contribution in [-0.4, -0.2) is 16.6 Å². The molecule has 0 aliphatic heterocycles. The molecular formula is C12H18N2O2. The van der Waals surface area contributed by atoms with E-state index in [2.05, 4.69) is 9.97 Å². The zero-order valence-electron chi connectivity index (χ0n) is 9.66. The average Bonchev–Trinajstić information content (AvgIpc) is 2.27. The molecule has 1 N–H and O–H groups in total. The van der Waals surface area contributed by atoms with Crippen LogP contribution in [0.15, 0.2) is 10.9 Å². The third-order valence-electron chi connectivity index (χ3n) is 3.03. The highest BCUT2D eigenvalue weighted by molar-refractivity contribution is 5.08. The van der Waals surface area contributed by atoms with Gasteiger partial charge in [0.1, 0.15) is 5.82 Å². The third-order valence-corrected chi connectivity index (χ3v) is 3.03. The first-order valence-electron chi connectivity index (χ1n) is 5.95. The summed E-state index contributed by atoms with van der Waals surface area (Å²) in [4.78, 5) is 17.9. The first-order chi connectivity index (χ1) is 7.74. The topological polar surface area (TPSA) is 55.0 Å². The molecule has 1 aliphatic rings. The number of nitrogens with one attached hydrogen (secondary N) is 1. The SMILES string of the molecule is Cc1nc(OCC2CCCCC2)cc(=O)[nH]1. The second-order valence-electron chi connectivity index (χ2n) is 4.48. The molecule has 0 bridgehead atoms. The predicted octanol–water partition coefficient (Wildman–Crippen LogP) is 2.04. The van der Waals surface area contributed by atoms with Crippen LogP contribution in [-0.2, 0) is 0 Å². The van der Waals surface area contributed by atoms with Crippen molar-refractivity contribution in [2.24, 2.45) is 5.92 Å². The Balaban J connectivity index is 1.90. The Morgan fingerprint density at radius 3 is 2.88 bits per heavy atom. The smallest absolute Gasteiger partial charge is 0.254 e. The van der Waals surface area contributed by atoms with Gasteiger partial charge in [-0.2, -0.15) is 0 Å². The number of aryl methyl sites for hydroxylation is 1. The van der Waals surface area contributed by atoms with E-state index < -0.39 is 0 Å². The van der Waals surface area contributed by atoms with Crippen LogP contribution < -0.4 is 10.3 Å². The van der Waals surface area contributed by atoms with Crippen LogP contribution in [0.3, 0.4) is 0 Å². The van der Waals surface area contributed by atoms with Gasteiger partial charge in [-0.25, -0.2) is 4.98 Å². The number of rotatable bonds is 3. The van der Waals surface area contributed by atoms with E-state index in [1.165, 1.54) is 38.2 Å². The van der Waals surface area contributed by atoms with Crippen LogP contribution in [0.25, 0.3) is 0 Å². The molecule has 0 atom stereocenters. The lowest BCUT2D eigenvalue weighted by Crippen LogP contribution is -2.17. The standard InChI is InChI=1S/C12H18N2O2/c1-9-13-11(15)7-12(14-9)16-8-10-5-3-2-4-6-10/h7,10H,2-6,8H2,1H3,(H,13,14,15). The summed E-state index contributed by atoms with van der Waals surface area (Å²) in [6.07, 6.45) is 6.43. The lowest BCUT2D eigenvalue weighted by atomic mass is 9.90. The van der Waals surface area contributed by atoms with Gasteiger partial charge in [-0.3, -0.25) is 4.79 Å². The van der Waals surface area contributed by atoms with Gasteiger partial charge in [-0.1, -0.05) is 19.3 Å². The number of hydrogen-bond acceptors (Lipinski definition) is 3. The highest BCUT2D eigenvalue weighted by Gasteiger charge is 2.14. The molecule has 4 nitrogen and oxygen atoms in total. The van der Waals surface area contributed by atoms with Crippen molar-refractivity contribution in [3.8, 4) is 5.88 Å². The number of ether oxygens (including phenoxy) is 1. The van der Waals surface area contributed by atoms with E-state index in [1.54, 1.807) is 6.92 Å². The van der Waals surface area contributed by atoms with Crippen LogP contribution in [0.2, 0.25) is 0 Å². The largest absolute Gasteiger partial charge is 0.477 e. The van der Waals surface area contributed by atoms with Crippen molar-refractivity contribution in [2.45, 2.75) is 39.0 Å². The minimum Gasteiger partial charge on any atom is -0.477 e. The van der Waals surface area contributed by atoms with Crippen molar-refractivity contribution in [3.63, 3.8) is 0 Å². The molecule has 1 fully saturated rings. The average molecular weight is 222 g/mol. The fourth-order valence-electron chi connectivity index (χ4n) is 2.18. The molecule has 16 heavy (non-hydrogen) atoms. The second kappa shape index (κ2) is 5.14. The monoisotopic (exact) mass is 222 g/mol. The highest BCUT2D eigenvalue weighted by Crippen LogP contribution is 2.23. The molecule has 1 aromatic heterocycles. The first-order valence-corrected chi connectivity index (χ1v) is 5.95. The Hall–Kier alpha value is -1.32. The molecule has 0 saturated heterocycles. The van der Waals surface area contributed by atoms with Crippen molar-refractivity contribution in [1.29, 1.82) is 0 Å². The molecular weight excluding hydrogens is 204 g/mol. The summed E-state index contributed by atoms with van der Waals surface area (Å²) in [5.74, 6) is 1.69. The van der Waals surface area contributed by atoms with Gasteiger partial charge in [0.2, 0.25) is 5.88 Å². The number of hydrogen-bond donors (Lipinski definition) is 1. The lowest BCUT2D eigenvalue weighted by Gasteiger charge is -2.21. The van der Waals surface area contributed by atoms with Gasteiger partial charge in [-0.05, 0) is 25.7 Å². The molecule has 0 aromatic carbocycles. The summed E-state index contributed by atoms with van der Waals surface area (Å²) in [6, 6.07) is 1.41. The van der Waals surface area contributed by atoms with E-state index in [1.807, 2.05) is 0 Å². The molecule has 2 rings (SSSR count). The molecule has 1 aliphatic carbocycles. The summed E-state index contributed by atoms with van der Waals surface area (Å²) in [6.45, 7) is 2.45. The van der Waals surface area contributed by atoms with Crippen molar-refractivity contribution >= 4 is 0 Å². The lowest BCUT2D eigenvalue weighted by molar-refractivity contribution is 0.202. The number of nitrogens with zero attached hydrogens (tertiary/aromatic N) is 1. The van der Waals surface area contributed by atoms with Gasteiger partial charge < -0.3 is 9.72 Å². The van der Waals surface area contributed by atoms with Crippen molar-refractivity contribution < 1.29 is 4.74 Å². The van der Waals surface area contributed by atoms with Gasteiger partial charge in [0.25, 0.3) is 5.56 Å². The Labute approximate surface area is 95.1 Å². The maximum absolute atomic E-state index is 11.2. The predicted molar refractivity (Wildman–Crippen MR) is 61.7 cm³/mol. The maximum Gasteiger partial charge on any atom is 0.254 e. The minimum absolute atomic E-state index is 0.147. The van der Waals surface area contributed by atoms with Crippen LogP contribution in [0.4, 0.5) is 0 Å². The Bertz CT molecular complexity index is 394. The van der Waals surface area contributed by atoms with Crippen molar-refractivity contribution in [3.05, 3.63) is 22.2 Å². The first kappa shape index (κ1) is 11.2. The minimum atomic E-state index is -0.147. The third kappa shape index (κ3) is 3.08. The summed E-state index contributed by atoms with van der Waals surface area (Å²) in [7, 11) is 0. The Morgan fingerprint density at radius 2 is 2.19 bits per heavy atom. The summed E-state index contributed by atoms with van der Waals surface area (Å²) >= 11 is 0. The van der Waals surface area contributed by atoms with Gasteiger partial charge >= 0.3 is 0 Å². The normalized spacial score (nSPS) is 17.3. The zero-order valence-corrected chi connectivity index (χ0v) is 9.66. The molecule has 1 saturated carbocycles. The van der Waals surface area contributed by atoms with E-state index in [0.717, 1.165) is 0 Å². The summed E-state index contributed by atoms with van der Waals surface area (Å²) in [5.41, 5.74) is -0.147. The maximum atomic E-state index is 11.2. The molecule has 4 heteroatoms. The fraction of sp³-hybridized carbons (Fsp3) is 0.667. The Morgan fingerprint density at radius 1 is 1.44 bits per heavy atom. The van der Waals surface area contributed by atoms with Crippen LogP contribution in [0, 0.1) is 12.8 Å². The van der Waals surface area contributed by atoms with Crippen LogP contribution >= 0.6 is 0 Å². The van der Waals surface area contributed by atoms with E-state index in [0.29, 0.717) is 24.2 Å². The quantitative estimate of drug-likeness (QED) is 0.851. The van der Waals surface area contributed by atoms with Gasteiger partial charge in [0.05, 0.1) is 12.7 Å². The zero-order chi connectivity index (χ0) is 11.4. The summed E-state index contributed by atoms with van der Waals surface area (Å²) < 4.78 is 5.58. The molecule has 0 spiro atoms. The van der Waals surface area contributed by atoms with E-state index in [4.69, 9.17) is 4.74 Å². The molecule has 0 radical (unpaired) electrons. The summed E-state index contributed by atoms with van der Waals surface area (Å²) in [5, 5.41) is 0. The molecule has 1 aromatic rings. The van der Waals surface area contributed by atoms with E-state index in [-0.39, 0.29) is 5.56 Å². The number of H-pyrrole nitrogens is 1. The van der Waals surface area contributed by atoms with E-state index in [9.17, 15) is 4.79 Å². The van der Waals surface area contributed by atoms with Crippen LogP contribution in [0.1, 0.15) is 37.9 Å². The van der Waals surface area contributed by atoms with Crippen molar-refractivity contribution in [2.75, 3.05) is 6.61 Å². The van der Waals surface area contributed by atoms with Crippen molar-refractivity contribution in [1.82, 2.24) is 9.97 Å². The van der Waals surface area contributed by atoms with Gasteiger partial charge in [-0.15, -0.1) is 0 Å². The van der Waals surface area contributed by atoms with Gasteiger partial charge in [0.15, 0.2) is 0 Å². The molecule has 88 valence electrons. The molecule has 0 amide bonds. The molecule has 0 unspecified atom stereocenters. The fourth-order valence-corrected chi connectivity index (χ4v) is 2.18. The number of aromatic amines is 1. The van der Waals surface area contributed by atoms with Crippen LogP contribution in [0.5, 0.6) is 5.88 Å². The molecule has 1 heterocycles. The van der Waals surface area contributed by atoms with Gasteiger partial charge in [0, 0.05) is 0 Å².